The summed E-state index contributed by atoms with van der Waals surface area (Å²) in [6.07, 6.45) is 9.38. The van der Waals surface area contributed by atoms with Gasteiger partial charge >= 0.3 is 0 Å². The third-order valence-electron chi connectivity index (χ3n) is 6.38. The van der Waals surface area contributed by atoms with Crippen molar-refractivity contribution in [3.05, 3.63) is 107 Å². The number of hydrogen-bond acceptors (Lipinski definition) is 2. The minimum atomic E-state index is -0.0405. The molecule has 0 fully saturated rings. The van der Waals surface area contributed by atoms with E-state index in [1.807, 2.05) is 18.2 Å². The van der Waals surface area contributed by atoms with Gasteiger partial charge in [0.2, 0.25) is 9.76 Å². The van der Waals surface area contributed by atoms with Gasteiger partial charge in [-0.05, 0) is 45.4 Å². The molecule has 0 aromatic heterocycles. The molecule has 37 heavy (non-hydrogen) atoms. The van der Waals surface area contributed by atoms with Gasteiger partial charge in [-0.25, -0.2) is 0 Å². The van der Waals surface area contributed by atoms with Gasteiger partial charge in [-0.1, -0.05) is 145 Å². The van der Waals surface area contributed by atoms with Crippen molar-refractivity contribution < 1.29 is 9.22 Å². The van der Waals surface area contributed by atoms with Crippen LogP contribution in [0.4, 0.5) is 0 Å². The summed E-state index contributed by atoms with van der Waals surface area (Å²) in [4.78, 5) is 11.7. The predicted octanol–water partition coefficient (Wildman–Crippen LogP) is 9.43. The van der Waals surface area contributed by atoms with E-state index in [4.69, 9.17) is 4.43 Å². The molecule has 0 aliphatic heterocycles. The topological polar surface area (TPSA) is 26.3 Å². The van der Waals surface area contributed by atoms with Gasteiger partial charge in [0, 0.05) is 5.56 Å². The first-order valence-corrected chi connectivity index (χ1v) is 14.7. The van der Waals surface area contributed by atoms with Gasteiger partial charge in [-0.2, -0.15) is 0 Å². The maximum atomic E-state index is 11.7. The number of carbonyl (C=O) groups excluding carboxylic acids is 1. The highest BCUT2D eigenvalue weighted by atomic mass is 28.2. The van der Waals surface area contributed by atoms with Gasteiger partial charge in [-0.3, -0.25) is 4.79 Å². The second-order valence-corrected chi connectivity index (χ2v) is 12.7. The molecule has 0 saturated heterocycles. The molecular weight excluding hydrogens is 468 g/mol. The van der Waals surface area contributed by atoms with Gasteiger partial charge in [-0.15, -0.1) is 0 Å². The Morgan fingerprint density at radius 3 is 2.00 bits per heavy atom. The Morgan fingerprint density at radius 2 is 1.38 bits per heavy atom. The highest BCUT2D eigenvalue weighted by Crippen LogP contribution is 2.38. The summed E-state index contributed by atoms with van der Waals surface area (Å²) in [5, 5.41) is 0.0888. The average molecular weight is 511 g/mol. The SMILES string of the molecule is CCCCCCCCC(O[Si]C(C)(C)C)C(=C(c1ccccc1)c1cccc(C=O)c1)c1ccccc1. The average Bonchev–Trinajstić information content (AvgIpc) is 2.91. The normalized spacial score (nSPS) is 13.2. The first-order valence-electron chi connectivity index (χ1n) is 13.8. The highest BCUT2D eigenvalue weighted by Gasteiger charge is 2.25. The van der Waals surface area contributed by atoms with Crippen molar-refractivity contribution >= 4 is 27.2 Å². The summed E-state index contributed by atoms with van der Waals surface area (Å²) in [6, 6.07) is 29.2. The van der Waals surface area contributed by atoms with E-state index in [2.05, 4.69) is 94.4 Å². The number of aldehydes is 1. The fraction of sp³-hybridized carbons (Fsp3) is 0.382. The first-order chi connectivity index (χ1) is 17.9. The van der Waals surface area contributed by atoms with Gasteiger partial charge in [0.15, 0.2) is 0 Å². The fourth-order valence-electron chi connectivity index (χ4n) is 4.58. The molecule has 2 nitrogen and oxygen atoms in total. The van der Waals surface area contributed by atoms with E-state index in [0.29, 0.717) is 15.3 Å². The summed E-state index contributed by atoms with van der Waals surface area (Å²) in [5.41, 5.74) is 6.39. The van der Waals surface area contributed by atoms with Crippen molar-refractivity contribution in [1.82, 2.24) is 0 Å². The Labute approximate surface area is 227 Å². The van der Waals surface area contributed by atoms with Gasteiger partial charge in [0.1, 0.15) is 6.29 Å². The zero-order valence-electron chi connectivity index (χ0n) is 23.0. The van der Waals surface area contributed by atoms with Crippen LogP contribution in [0.3, 0.4) is 0 Å². The molecule has 3 rings (SSSR count). The summed E-state index contributed by atoms with van der Waals surface area (Å²) in [7, 11) is 0.387. The van der Waals surface area contributed by atoms with Crippen LogP contribution in [0.2, 0.25) is 5.04 Å². The summed E-state index contributed by atoms with van der Waals surface area (Å²) in [6.45, 7) is 8.99. The minimum Gasteiger partial charge on any atom is -0.410 e. The van der Waals surface area contributed by atoms with Crippen LogP contribution in [-0.4, -0.2) is 22.2 Å². The number of hydrogen-bond donors (Lipinski definition) is 0. The van der Waals surface area contributed by atoms with Crippen molar-refractivity contribution in [1.29, 1.82) is 0 Å². The lowest BCUT2D eigenvalue weighted by molar-refractivity contribution is 0.112. The van der Waals surface area contributed by atoms with Crippen molar-refractivity contribution in [3.63, 3.8) is 0 Å². The number of benzene rings is 3. The number of rotatable bonds is 14. The molecule has 0 heterocycles. The highest BCUT2D eigenvalue weighted by molar-refractivity contribution is 6.32. The third kappa shape index (κ3) is 9.25. The minimum absolute atomic E-state index is 0.0405. The van der Waals surface area contributed by atoms with E-state index in [9.17, 15) is 4.79 Å². The lowest BCUT2D eigenvalue weighted by atomic mass is 9.85. The molecule has 0 bridgehead atoms. The monoisotopic (exact) mass is 510 g/mol. The maximum absolute atomic E-state index is 11.7. The van der Waals surface area contributed by atoms with E-state index in [1.54, 1.807) is 0 Å². The van der Waals surface area contributed by atoms with E-state index < -0.39 is 0 Å². The molecule has 3 aromatic carbocycles. The van der Waals surface area contributed by atoms with Crippen molar-refractivity contribution in [2.75, 3.05) is 0 Å². The molecule has 3 heteroatoms. The second-order valence-electron chi connectivity index (χ2n) is 10.8. The molecule has 2 radical (unpaired) electrons. The molecule has 0 N–H and O–H groups in total. The molecule has 1 unspecified atom stereocenters. The second kappa shape index (κ2) is 14.9. The predicted molar refractivity (Wildman–Crippen MR) is 159 cm³/mol. The molecule has 0 aliphatic rings. The van der Waals surface area contributed by atoms with E-state index >= 15 is 0 Å². The quantitative estimate of drug-likeness (QED) is 0.0934. The molecule has 0 amide bonds. The maximum Gasteiger partial charge on any atom is 0.236 e. The zero-order valence-corrected chi connectivity index (χ0v) is 24.0. The molecule has 0 spiro atoms. The lowest BCUT2D eigenvalue weighted by Gasteiger charge is -2.28. The van der Waals surface area contributed by atoms with E-state index in [1.165, 1.54) is 43.2 Å². The summed E-state index contributed by atoms with van der Waals surface area (Å²) < 4.78 is 6.83. The Morgan fingerprint density at radius 1 is 0.784 bits per heavy atom. The standard InChI is InChI=1S/C34H42O2Si/c1-5-6-7-8-9-16-24-31(36-37-34(2,3)4)33(29-21-14-11-15-22-29)32(28-19-12-10-13-20-28)30-23-17-18-27(25-30)26-35/h10-15,17-23,25-26,31H,5-9,16,24H2,1-4H3. The van der Waals surface area contributed by atoms with Gasteiger partial charge < -0.3 is 4.43 Å². The Balaban J connectivity index is 2.16. The molecule has 0 aliphatic carbocycles. The van der Waals surface area contributed by atoms with Crippen LogP contribution in [0.15, 0.2) is 84.9 Å². The van der Waals surface area contributed by atoms with Crippen LogP contribution in [0.25, 0.3) is 11.1 Å². The Hall–Kier alpha value is -2.75. The van der Waals surface area contributed by atoms with Crippen LogP contribution in [0.1, 0.15) is 99.7 Å². The van der Waals surface area contributed by atoms with Crippen LogP contribution >= 0.6 is 0 Å². The van der Waals surface area contributed by atoms with E-state index in [0.717, 1.165) is 35.8 Å². The van der Waals surface area contributed by atoms with Crippen molar-refractivity contribution in [2.45, 2.75) is 83.8 Å². The molecule has 1 atom stereocenters. The first kappa shape index (κ1) is 28.8. The fourth-order valence-corrected chi connectivity index (χ4v) is 5.31. The largest absolute Gasteiger partial charge is 0.410 e. The summed E-state index contributed by atoms with van der Waals surface area (Å²) in [5.74, 6) is 0. The molecule has 3 aromatic rings. The van der Waals surface area contributed by atoms with Gasteiger partial charge in [0.05, 0.1) is 6.10 Å². The molecule has 194 valence electrons. The Kier molecular flexibility index (Phi) is 11.6. The third-order valence-corrected chi connectivity index (χ3v) is 7.39. The van der Waals surface area contributed by atoms with Crippen LogP contribution < -0.4 is 0 Å². The zero-order chi connectivity index (χ0) is 26.5. The van der Waals surface area contributed by atoms with Crippen LogP contribution in [0, 0.1) is 0 Å². The van der Waals surface area contributed by atoms with Gasteiger partial charge in [0.25, 0.3) is 0 Å². The van der Waals surface area contributed by atoms with Crippen LogP contribution in [0.5, 0.6) is 0 Å². The number of unbranched alkanes of at least 4 members (excludes halogenated alkanes) is 5. The van der Waals surface area contributed by atoms with Crippen molar-refractivity contribution in [3.8, 4) is 0 Å². The van der Waals surface area contributed by atoms with Crippen molar-refractivity contribution in [2.24, 2.45) is 0 Å². The molecule has 0 saturated carbocycles. The number of carbonyl (C=O) groups is 1. The smallest absolute Gasteiger partial charge is 0.236 e. The molecular formula is C34H42O2Si. The lowest BCUT2D eigenvalue weighted by Crippen LogP contribution is -2.24. The Bertz CT molecular complexity index is 1110. The van der Waals surface area contributed by atoms with Crippen LogP contribution in [-0.2, 0) is 4.43 Å². The summed E-state index contributed by atoms with van der Waals surface area (Å²) >= 11 is 0. The van der Waals surface area contributed by atoms with E-state index in [-0.39, 0.29) is 11.1 Å².